The number of benzene rings is 1. The molecule has 0 aliphatic heterocycles. The Morgan fingerprint density at radius 1 is 1.37 bits per heavy atom. The van der Waals surface area contributed by atoms with E-state index in [1.54, 1.807) is 0 Å². The first-order valence-electron chi connectivity index (χ1n) is 5.86. The minimum atomic E-state index is -0.478. The molecule has 0 bridgehead atoms. The van der Waals surface area contributed by atoms with E-state index >= 15 is 0 Å². The van der Waals surface area contributed by atoms with Gasteiger partial charge in [0.2, 0.25) is 5.43 Å². The van der Waals surface area contributed by atoms with Gasteiger partial charge in [0.25, 0.3) is 0 Å². The molecule has 0 unspecified atom stereocenters. The van der Waals surface area contributed by atoms with Crippen molar-refractivity contribution in [2.75, 3.05) is 7.05 Å². The van der Waals surface area contributed by atoms with Crippen LogP contribution in [0.5, 0.6) is 11.5 Å². The van der Waals surface area contributed by atoms with Gasteiger partial charge >= 0.3 is 0 Å². The minimum absolute atomic E-state index is 0.137. The van der Waals surface area contributed by atoms with Crippen molar-refractivity contribution in [3.8, 4) is 11.5 Å². The molecular formula is C14H15NO4. The summed E-state index contributed by atoms with van der Waals surface area (Å²) in [6, 6.07) is 8.85. The highest BCUT2D eigenvalue weighted by molar-refractivity contribution is 5.28. The van der Waals surface area contributed by atoms with Crippen LogP contribution in [0.2, 0.25) is 0 Å². The number of hydrogen-bond donors (Lipinski definition) is 2. The summed E-state index contributed by atoms with van der Waals surface area (Å²) in [6.07, 6.45) is 1.01. The molecule has 0 amide bonds. The zero-order valence-corrected chi connectivity index (χ0v) is 10.6. The van der Waals surface area contributed by atoms with Crippen LogP contribution in [0.4, 0.5) is 0 Å². The van der Waals surface area contributed by atoms with Gasteiger partial charge in [-0.1, -0.05) is 12.1 Å². The second-order valence-corrected chi connectivity index (χ2v) is 4.06. The number of rotatable bonds is 5. The maximum Gasteiger partial charge on any atom is 0.226 e. The lowest BCUT2D eigenvalue weighted by molar-refractivity contribution is 0.263. The molecule has 0 atom stereocenters. The number of aromatic hydroxyl groups is 1. The van der Waals surface area contributed by atoms with Crippen LogP contribution in [-0.2, 0) is 13.2 Å². The maximum absolute atomic E-state index is 11.2. The highest BCUT2D eigenvalue weighted by Crippen LogP contribution is 2.15. The first kappa shape index (κ1) is 13.2. The lowest BCUT2D eigenvalue weighted by Gasteiger charge is -2.07. The maximum atomic E-state index is 11.2. The quantitative estimate of drug-likeness (QED) is 0.856. The molecule has 0 saturated heterocycles. The van der Waals surface area contributed by atoms with Gasteiger partial charge in [0, 0.05) is 12.6 Å². The van der Waals surface area contributed by atoms with Crippen LogP contribution in [-0.4, -0.2) is 12.2 Å². The number of nitrogens with one attached hydrogen (secondary N) is 1. The van der Waals surface area contributed by atoms with E-state index in [-0.39, 0.29) is 6.61 Å². The van der Waals surface area contributed by atoms with Gasteiger partial charge in [0.15, 0.2) is 5.75 Å². The molecule has 2 N–H and O–H groups in total. The summed E-state index contributed by atoms with van der Waals surface area (Å²) in [4.78, 5) is 11.2. The minimum Gasteiger partial charge on any atom is -0.502 e. The monoisotopic (exact) mass is 261 g/mol. The fraction of sp³-hybridized carbons (Fsp3) is 0.214. The van der Waals surface area contributed by atoms with Gasteiger partial charge < -0.3 is 19.6 Å². The molecule has 0 fully saturated rings. The van der Waals surface area contributed by atoms with Crippen LogP contribution < -0.4 is 15.5 Å². The molecule has 5 nitrogen and oxygen atoms in total. The highest BCUT2D eigenvalue weighted by Gasteiger charge is 2.03. The zero-order chi connectivity index (χ0) is 13.7. The van der Waals surface area contributed by atoms with Crippen molar-refractivity contribution in [2.45, 2.75) is 13.2 Å². The van der Waals surface area contributed by atoms with Crippen LogP contribution in [0.3, 0.4) is 0 Å². The number of hydrogen-bond acceptors (Lipinski definition) is 5. The average molecular weight is 261 g/mol. The topological polar surface area (TPSA) is 71.7 Å². The second-order valence-electron chi connectivity index (χ2n) is 4.06. The predicted octanol–water partition coefficient (Wildman–Crippen LogP) is 1.64. The first-order valence-corrected chi connectivity index (χ1v) is 5.86. The Balaban J connectivity index is 2.03. The average Bonchev–Trinajstić information content (AvgIpc) is 2.41. The van der Waals surface area contributed by atoms with Crippen LogP contribution in [0.25, 0.3) is 0 Å². The Labute approximate surface area is 110 Å². The van der Waals surface area contributed by atoms with Crippen LogP contribution in [0.1, 0.15) is 11.3 Å². The third-order valence-electron chi connectivity index (χ3n) is 2.53. The van der Waals surface area contributed by atoms with Crippen molar-refractivity contribution < 1.29 is 14.3 Å². The molecule has 0 aliphatic rings. The molecule has 19 heavy (non-hydrogen) atoms. The third-order valence-corrected chi connectivity index (χ3v) is 2.53. The molecule has 5 heteroatoms. The van der Waals surface area contributed by atoms with Crippen molar-refractivity contribution in [1.29, 1.82) is 0 Å². The molecule has 0 radical (unpaired) electrons. The molecule has 0 saturated carbocycles. The van der Waals surface area contributed by atoms with Crippen molar-refractivity contribution in [1.82, 2.24) is 5.32 Å². The highest BCUT2D eigenvalue weighted by atomic mass is 16.5. The third kappa shape index (κ3) is 3.59. The predicted molar refractivity (Wildman–Crippen MR) is 70.2 cm³/mol. The molecule has 2 rings (SSSR count). The summed E-state index contributed by atoms with van der Waals surface area (Å²) < 4.78 is 10.6. The fourth-order valence-corrected chi connectivity index (χ4v) is 1.62. The molecule has 100 valence electrons. The summed E-state index contributed by atoms with van der Waals surface area (Å²) in [7, 11) is 1.87. The summed E-state index contributed by atoms with van der Waals surface area (Å²) in [5.41, 5.74) is 0.626. The Morgan fingerprint density at radius 2 is 2.21 bits per heavy atom. The van der Waals surface area contributed by atoms with Crippen molar-refractivity contribution in [3.63, 3.8) is 0 Å². The molecule has 2 aromatic rings. The summed E-state index contributed by atoms with van der Waals surface area (Å²) in [6.45, 7) is 0.893. The van der Waals surface area contributed by atoms with Gasteiger partial charge in [-0.25, -0.2) is 0 Å². The number of ether oxygens (including phenoxy) is 1. The summed E-state index contributed by atoms with van der Waals surface area (Å²) >= 11 is 0. The largest absolute Gasteiger partial charge is 0.502 e. The standard InChI is InChI=1S/C14H15NO4/c1-15-7-10-3-2-4-11(5-10)18-8-12-6-13(16)14(17)9-19-12/h2-6,9,15,17H,7-8H2,1H3. The van der Waals surface area contributed by atoms with Gasteiger partial charge in [-0.3, -0.25) is 4.79 Å². The van der Waals surface area contributed by atoms with E-state index in [0.29, 0.717) is 11.5 Å². The zero-order valence-electron chi connectivity index (χ0n) is 10.6. The first-order chi connectivity index (χ1) is 9.19. The van der Waals surface area contributed by atoms with E-state index in [1.807, 2.05) is 31.3 Å². The molecule has 1 aromatic carbocycles. The van der Waals surface area contributed by atoms with E-state index in [2.05, 4.69) is 5.32 Å². The lowest BCUT2D eigenvalue weighted by Crippen LogP contribution is -2.05. The smallest absolute Gasteiger partial charge is 0.226 e. The van der Waals surface area contributed by atoms with E-state index in [0.717, 1.165) is 18.4 Å². The van der Waals surface area contributed by atoms with E-state index in [1.165, 1.54) is 6.07 Å². The Bertz CT molecular complexity index is 606. The second kappa shape index (κ2) is 6.06. The van der Waals surface area contributed by atoms with E-state index < -0.39 is 11.2 Å². The van der Waals surface area contributed by atoms with Crippen LogP contribution in [0.15, 0.2) is 45.8 Å². The van der Waals surface area contributed by atoms with E-state index in [9.17, 15) is 4.79 Å². The van der Waals surface area contributed by atoms with Crippen molar-refractivity contribution in [2.24, 2.45) is 0 Å². The van der Waals surface area contributed by atoms with Gasteiger partial charge in [0.1, 0.15) is 24.4 Å². The molecule has 0 aliphatic carbocycles. The SMILES string of the molecule is CNCc1cccc(OCc2cc(=O)c(O)co2)c1. The van der Waals surface area contributed by atoms with Crippen LogP contribution >= 0.6 is 0 Å². The van der Waals surface area contributed by atoms with E-state index in [4.69, 9.17) is 14.3 Å². The summed E-state index contributed by atoms with van der Waals surface area (Å²) in [5, 5.41) is 12.1. The Morgan fingerprint density at radius 3 is 2.95 bits per heavy atom. The van der Waals surface area contributed by atoms with Crippen molar-refractivity contribution >= 4 is 0 Å². The molecule has 0 spiro atoms. The van der Waals surface area contributed by atoms with Gasteiger partial charge in [0.05, 0.1) is 0 Å². The lowest BCUT2D eigenvalue weighted by atomic mass is 10.2. The Hall–Kier alpha value is -2.27. The fourth-order valence-electron chi connectivity index (χ4n) is 1.62. The van der Waals surface area contributed by atoms with Crippen molar-refractivity contribution in [3.05, 3.63) is 58.1 Å². The molecule has 1 heterocycles. The summed E-state index contributed by atoms with van der Waals surface area (Å²) in [5.74, 6) is 0.657. The van der Waals surface area contributed by atoms with Gasteiger partial charge in [-0.2, -0.15) is 0 Å². The normalized spacial score (nSPS) is 10.4. The molecule has 1 aromatic heterocycles. The van der Waals surface area contributed by atoms with Gasteiger partial charge in [-0.15, -0.1) is 0 Å². The Kier molecular flexibility index (Phi) is 4.20. The van der Waals surface area contributed by atoms with Crippen LogP contribution in [0, 0.1) is 0 Å². The van der Waals surface area contributed by atoms with Gasteiger partial charge in [-0.05, 0) is 24.7 Å². The molecular weight excluding hydrogens is 246 g/mol.